The third kappa shape index (κ3) is 4.71. The second-order valence-electron chi connectivity index (χ2n) is 14.3. The van der Waals surface area contributed by atoms with E-state index in [1.54, 1.807) is 0 Å². The summed E-state index contributed by atoms with van der Waals surface area (Å²) in [6.07, 6.45) is 0. The van der Waals surface area contributed by atoms with Gasteiger partial charge in [0, 0.05) is 38.2 Å². The van der Waals surface area contributed by atoms with E-state index in [1.807, 2.05) is 48.5 Å². The van der Waals surface area contributed by atoms with Gasteiger partial charge in [-0.2, -0.15) is 0 Å². The van der Waals surface area contributed by atoms with E-state index in [-0.39, 0.29) is 0 Å². The molecule has 0 aliphatic carbocycles. The molecule has 56 heavy (non-hydrogen) atoms. The normalized spacial score (nSPS) is 11.9. The van der Waals surface area contributed by atoms with Gasteiger partial charge in [0.05, 0.1) is 0 Å². The Balaban J connectivity index is 1.05. The standard InChI is InChI=1S/C51H29N3O2/c1-3-11-30(12-4-1)31-21-23-33(24-22-31)50-52-49(32-13-5-2-6-14-32)53-51(54-50)39-18-10-19-43-46(39)41-27-34(25-26-42(41)55-43)35-28-40-37-16-8-7-15-36(37)38-17-9-20-44-47(38)48(40)45(29-35)56-44/h1-29H. The van der Waals surface area contributed by atoms with Gasteiger partial charge in [-0.25, -0.2) is 15.0 Å². The minimum atomic E-state index is 0.584. The average Bonchev–Trinajstić information content (AvgIpc) is 3.85. The Morgan fingerprint density at radius 2 is 0.786 bits per heavy atom. The SMILES string of the molecule is c1ccc(-c2ccc(-c3nc(-c4ccccc4)nc(-c4cccc5oc6ccc(-c7cc8oc9cccc%10c%11ccccc%11c(c7)c8c9%10)cc6c45)n3)cc2)cc1. The third-order valence-corrected chi connectivity index (χ3v) is 11.1. The molecule has 0 aliphatic heterocycles. The first-order chi connectivity index (χ1) is 27.7. The lowest BCUT2D eigenvalue weighted by atomic mass is 9.92. The maximum Gasteiger partial charge on any atom is 0.164 e. The molecule has 0 radical (unpaired) electrons. The molecule has 5 heteroatoms. The second kappa shape index (κ2) is 11.9. The zero-order valence-corrected chi connectivity index (χ0v) is 29.9. The van der Waals surface area contributed by atoms with Crippen molar-refractivity contribution in [3.63, 3.8) is 0 Å². The smallest absolute Gasteiger partial charge is 0.164 e. The molecular formula is C51H29N3O2. The summed E-state index contributed by atoms with van der Waals surface area (Å²) in [5.41, 5.74) is 10.5. The molecule has 0 aliphatic rings. The fourth-order valence-corrected chi connectivity index (χ4v) is 8.48. The molecule has 0 atom stereocenters. The van der Waals surface area contributed by atoms with Crippen LogP contribution in [0.25, 0.3) is 122 Å². The molecule has 0 unspecified atom stereocenters. The predicted octanol–water partition coefficient (Wildman–Crippen LogP) is 13.7. The minimum absolute atomic E-state index is 0.584. The molecule has 5 nitrogen and oxygen atoms in total. The van der Waals surface area contributed by atoms with Crippen molar-refractivity contribution in [3.8, 4) is 56.4 Å². The van der Waals surface area contributed by atoms with Crippen LogP contribution in [0.3, 0.4) is 0 Å². The van der Waals surface area contributed by atoms with E-state index < -0.39 is 0 Å². The van der Waals surface area contributed by atoms with E-state index in [0.717, 1.165) is 72.0 Å². The molecule has 3 heterocycles. The molecule has 9 aromatic carbocycles. The molecule has 0 bridgehead atoms. The summed E-state index contributed by atoms with van der Waals surface area (Å²) in [5, 5.41) is 9.15. The van der Waals surface area contributed by atoms with Gasteiger partial charge in [-0.05, 0) is 80.2 Å². The number of furan rings is 2. The van der Waals surface area contributed by atoms with Crippen molar-refractivity contribution >= 4 is 65.4 Å². The van der Waals surface area contributed by atoms with E-state index >= 15 is 0 Å². The van der Waals surface area contributed by atoms with Crippen molar-refractivity contribution < 1.29 is 8.83 Å². The lowest BCUT2D eigenvalue weighted by Gasteiger charge is -2.10. The first-order valence-corrected chi connectivity index (χ1v) is 18.8. The van der Waals surface area contributed by atoms with Crippen LogP contribution in [0.4, 0.5) is 0 Å². The fourth-order valence-electron chi connectivity index (χ4n) is 8.48. The highest BCUT2D eigenvalue weighted by atomic mass is 16.3. The van der Waals surface area contributed by atoms with Gasteiger partial charge in [0.1, 0.15) is 22.3 Å². The van der Waals surface area contributed by atoms with Crippen LogP contribution in [-0.4, -0.2) is 15.0 Å². The van der Waals surface area contributed by atoms with Crippen LogP contribution in [0.5, 0.6) is 0 Å². The Bertz CT molecular complexity index is 3460. The number of benzene rings is 9. The molecule has 0 amide bonds. The van der Waals surface area contributed by atoms with Crippen LogP contribution in [0.1, 0.15) is 0 Å². The van der Waals surface area contributed by atoms with Gasteiger partial charge in [-0.3, -0.25) is 0 Å². The summed E-state index contributed by atoms with van der Waals surface area (Å²) in [4.78, 5) is 15.3. The molecule has 0 saturated heterocycles. The van der Waals surface area contributed by atoms with Gasteiger partial charge < -0.3 is 8.83 Å². The highest BCUT2D eigenvalue weighted by molar-refractivity contribution is 6.33. The molecule has 12 rings (SSSR count). The van der Waals surface area contributed by atoms with Gasteiger partial charge >= 0.3 is 0 Å². The summed E-state index contributed by atoms with van der Waals surface area (Å²) >= 11 is 0. The summed E-state index contributed by atoms with van der Waals surface area (Å²) in [6, 6.07) is 60.9. The zero-order valence-electron chi connectivity index (χ0n) is 29.9. The molecular weight excluding hydrogens is 687 g/mol. The van der Waals surface area contributed by atoms with Crippen LogP contribution in [-0.2, 0) is 0 Å². The second-order valence-corrected chi connectivity index (χ2v) is 14.3. The molecule has 3 aromatic heterocycles. The van der Waals surface area contributed by atoms with Crippen LogP contribution in [0, 0.1) is 0 Å². The van der Waals surface area contributed by atoms with Gasteiger partial charge in [-0.15, -0.1) is 0 Å². The van der Waals surface area contributed by atoms with Crippen molar-refractivity contribution in [1.29, 1.82) is 0 Å². The highest BCUT2D eigenvalue weighted by Crippen LogP contribution is 2.45. The Labute approximate surface area is 320 Å². The number of fused-ring (bicyclic) bond motifs is 6. The van der Waals surface area contributed by atoms with E-state index in [4.69, 9.17) is 23.8 Å². The van der Waals surface area contributed by atoms with Crippen LogP contribution >= 0.6 is 0 Å². The maximum absolute atomic E-state index is 6.55. The molecule has 0 spiro atoms. The largest absolute Gasteiger partial charge is 0.456 e. The van der Waals surface area contributed by atoms with Crippen LogP contribution < -0.4 is 0 Å². The number of aromatic nitrogens is 3. The minimum Gasteiger partial charge on any atom is -0.456 e. The van der Waals surface area contributed by atoms with E-state index in [9.17, 15) is 0 Å². The number of hydrogen-bond acceptors (Lipinski definition) is 5. The van der Waals surface area contributed by atoms with Crippen LogP contribution in [0.15, 0.2) is 185 Å². The molecule has 0 N–H and O–H groups in total. The predicted molar refractivity (Wildman–Crippen MR) is 228 cm³/mol. The van der Waals surface area contributed by atoms with Crippen molar-refractivity contribution in [2.75, 3.05) is 0 Å². The quantitative estimate of drug-likeness (QED) is 0.166. The molecule has 0 saturated carbocycles. The van der Waals surface area contributed by atoms with Gasteiger partial charge in [-0.1, -0.05) is 140 Å². The molecule has 260 valence electrons. The summed E-state index contributed by atoms with van der Waals surface area (Å²) < 4.78 is 13.1. The fraction of sp³-hybridized carbons (Fsp3) is 0. The molecule has 12 aromatic rings. The van der Waals surface area contributed by atoms with Gasteiger partial charge in [0.25, 0.3) is 0 Å². The maximum atomic E-state index is 6.55. The van der Waals surface area contributed by atoms with Gasteiger partial charge in [0.15, 0.2) is 17.5 Å². The highest BCUT2D eigenvalue weighted by Gasteiger charge is 2.21. The Morgan fingerprint density at radius 1 is 0.268 bits per heavy atom. The van der Waals surface area contributed by atoms with Crippen LogP contribution in [0.2, 0.25) is 0 Å². The topological polar surface area (TPSA) is 65.0 Å². The Morgan fingerprint density at radius 3 is 1.55 bits per heavy atom. The zero-order chi connectivity index (χ0) is 36.7. The number of hydrogen-bond donors (Lipinski definition) is 0. The van der Waals surface area contributed by atoms with Crippen molar-refractivity contribution in [2.45, 2.75) is 0 Å². The Hall–Kier alpha value is -7.63. The first kappa shape index (κ1) is 30.8. The monoisotopic (exact) mass is 715 g/mol. The van der Waals surface area contributed by atoms with Crippen molar-refractivity contribution in [2.24, 2.45) is 0 Å². The average molecular weight is 716 g/mol. The van der Waals surface area contributed by atoms with Gasteiger partial charge in [0.2, 0.25) is 0 Å². The van der Waals surface area contributed by atoms with Crippen molar-refractivity contribution in [1.82, 2.24) is 15.0 Å². The third-order valence-electron chi connectivity index (χ3n) is 11.1. The summed E-state index contributed by atoms with van der Waals surface area (Å²) in [5.74, 6) is 1.80. The first-order valence-electron chi connectivity index (χ1n) is 18.8. The Kier molecular flexibility index (Phi) is 6.56. The number of nitrogens with zero attached hydrogens (tertiary/aromatic N) is 3. The summed E-state index contributed by atoms with van der Waals surface area (Å²) in [7, 11) is 0. The lowest BCUT2D eigenvalue weighted by Crippen LogP contribution is -2.00. The molecule has 0 fully saturated rings. The van der Waals surface area contributed by atoms with E-state index in [0.29, 0.717) is 17.5 Å². The number of rotatable bonds is 5. The summed E-state index contributed by atoms with van der Waals surface area (Å²) in [6.45, 7) is 0. The van der Waals surface area contributed by atoms with E-state index in [1.165, 1.54) is 32.3 Å². The van der Waals surface area contributed by atoms with E-state index in [2.05, 4.69) is 127 Å². The van der Waals surface area contributed by atoms with Crippen molar-refractivity contribution in [3.05, 3.63) is 176 Å². The lowest BCUT2D eigenvalue weighted by molar-refractivity contribution is 0.669.